The molecule has 10 heteroatoms. The molecule has 0 aliphatic carbocycles. The smallest absolute Gasteiger partial charge is 0.265 e. The average molecular weight is 460 g/mol. The van der Waals surface area contributed by atoms with Gasteiger partial charge in [-0.05, 0) is 50.2 Å². The van der Waals surface area contributed by atoms with Crippen molar-refractivity contribution >= 4 is 33.2 Å². The van der Waals surface area contributed by atoms with Gasteiger partial charge >= 0.3 is 0 Å². The highest BCUT2D eigenvalue weighted by Gasteiger charge is 2.32. The summed E-state index contributed by atoms with van der Waals surface area (Å²) in [5.41, 5.74) is 0.973. The Balaban J connectivity index is 1.43. The van der Waals surface area contributed by atoms with Crippen molar-refractivity contribution in [2.45, 2.75) is 31.0 Å². The van der Waals surface area contributed by atoms with Gasteiger partial charge in [0.1, 0.15) is 12.3 Å². The number of fused-ring (bicyclic) bond motifs is 1. The molecule has 2 aliphatic rings. The number of benzene rings is 2. The van der Waals surface area contributed by atoms with Crippen LogP contribution < -0.4 is 15.0 Å². The van der Waals surface area contributed by atoms with Crippen LogP contribution in [-0.4, -0.2) is 63.0 Å². The molecule has 0 saturated carbocycles. The fourth-order valence-corrected chi connectivity index (χ4v) is 5.45. The lowest BCUT2D eigenvalue weighted by Gasteiger charge is -2.34. The molecule has 1 fully saturated rings. The number of hydrogen-bond acceptors (Lipinski definition) is 6. The maximum atomic E-state index is 13.0. The van der Waals surface area contributed by atoms with E-state index in [1.54, 1.807) is 24.3 Å². The molecule has 2 amide bonds. The summed E-state index contributed by atoms with van der Waals surface area (Å²) in [5.74, 6) is -0.169. The Labute approximate surface area is 187 Å². The van der Waals surface area contributed by atoms with Crippen molar-refractivity contribution in [3.63, 3.8) is 0 Å². The number of hydrogen-bond donors (Lipinski definition) is 1. The molecule has 2 heterocycles. The van der Waals surface area contributed by atoms with Gasteiger partial charge in [-0.3, -0.25) is 14.5 Å². The van der Waals surface area contributed by atoms with Crippen LogP contribution in [0.4, 0.5) is 11.4 Å². The van der Waals surface area contributed by atoms with Crippen molar-refractivity contribution < 1.29 is 27.5 Å². The molecular weight excluding hydrogens is 434 g/mol. The molecular formula is C22H25N3O6S. The van der Waals surface area contributed by atoms with E-state index < -0.39 is 15.9 Å². The molecule has 0 radical (unpaired) electrons. The Kier molecular flexibility index (Phi) is 6.18. The molecule has 2 aromatic rings. The third kappa shape index (κ3) is 4.62. The number of carbonyl (C=O) groups is 2. The van der Waals surface area contributed by atoms with Crippen LogP contribution in [0.5, 0.6) is 5.75 Å². The monoisotopic (exact) mass is 459 g/mol. The molecule has 0 aromatic heterocycles. The topological polar surface area (TPSA) is 105 Å². The normalized spacial score (nSPS) is 21.6. The number of sulfonamides is 1. The number of nitrogens with zero attached hydrogens (tertiary/aromatic N) is 2. The van der Waals surface area contributed by atoms with Crippen LogP contribution in [0.2, 0.25) is 0 Å². The van der Waals surface area contributed by atoms with Gasteiger partial charge in [0.15, 0.2) is 6.61 Å². The first-order valence-electron chi connectivity index (χ1n) is 10.3. The Morgan fingerprint density at radius 2 is 1.72 bits per heavy atom. The highest BCUT2D eigenvalue weighted by Crippen LogP contribution is 2.31. The second-order valence-electron chi connectivity index (χ2n) is 7.89. The number of para-hydroxylation sites is 2. The molecule has 1 N–H and O–H groups in total. The van der Waals surface area contributed by atoms with Crippen LogP contribution >= 0.6 is 0 Å². The molecule has 2 aromatic carbocycles. The van der Waals surface area contributed by atoms with Crippen LogP contribution in [0.25, 0.3) is 0 Å². The van der Waals surface area contributed by atoms with Gasteiger partial charge in [0, 0.05) is 18.8 Å². The molecule has 9 nitrogen and oxygen atoms in total. The summed E-state index contributed by atoms with van der Waals surface area (Å²) in [6.45, 7) is 3.96. The number of nitrogens with one attached hydrogen (secondary N) is 1. The highest BCUT2D eigenvalue weighted by atomic mass is 32.2. The first kappa shape index (κ1) is 22.3. The zero-order valence-electron chi connectivity index (χ0n) is 17.9. The minimum absolute atomic E-state index is 0.129. The largest absolute Gasteiger partial charge is 0.482 e. The van der Waals surface area contributed by atoms with Gasteiger partial charge in [-0.2, -0.15) is 4.31 Å². The highest BCUT2D eigenvalue weighted by molar-refractivity contribution is 7.89. The van der Waals surface area contributed by atoms with Crippen molar-refractivity contribution in [2.75, 3.05) is 36.5 Å². The van der Waals surface area contributed by atoms with Crippen LogP contribution in [-0.2, 0) is 24.3 Å². The summed E-state index contributed by atoms with van der Waals surface area (Å²) in [6.07, 6.45) is -0.361. The number of rotatable bonds is 5. The molecule has 4 rings (SSSR count). The summed E-state index contributed by atoms with van der Waals surface area (Å²) >= 11 is 0. The maximum Gasteiger partial charge on any atom is 0.265 e. The van der Waals surface area contributed by atoms with Crippen molar-refractivity contribution in [2.24, 2.45) is 0 Å². The van der Waals surface area contributed by atoms with Crippen LogP contribution in [0.3, 0.4) is 0 Å². The van der Waals surface area contributed by atoms with Crippen molar-refractivity contribution in [1.29, 1.82) is 0 Å². The summed E-state index contributed by atoms with van der Waals surface area (Å²) in [4.78, 5) is 26.3. The van der Waals surface area contributed by atoms with Gasteiger partial charge in [0.05, 0.1) is 22.8 Å². The summed E-state index contributed by atoms with van der Waals surface area (Å²) in [5, 5.41) is 2.71. The first-order valence-corrected chi connectivity index (χ1v) is 11.8. The lowest BCUT2D eigenvalue weighted by atomic mass is 10.2. The third-order valence-corrected chi connectivity index (χ3v) is 7.12. The fourth-order valence-electron chi connectivity index (χ4n) is 3.86. The number of anilines is 2. The summed E-state index contributed by atoms with van der Waals surface area (Å²) < 4.78 is 38.3. The minimum atomic E-state index is -3.66. The number of ether oxygens (including phenoxy) is 2. The molecule has 2 aliphatic heterocycles. The lowest BCUT2D eigenvalue weighted by Crippen LogP contribution is -2.48. The van der Waals surface area contributed by atoms with Crippen LogP contribution in [0, 0.1) is 0 Å². The van der Waals surface area contributed by atoms with Gasteiger partial charge < -0.3 is 14.8 Å². The molecule has 170 valence electrons. The van der Waals surface area contributed by atoms with Gasteiger partial charge in [-0.1, -0.05) is 12.1 Å². The van der Waals surface area contributed by atoms with Crippen LogP contribution in [0.15, 0.2) is 53.4 Å². The Morgan fingerprint density at radius 3 is 2.41 bits per heavy atom. The second-order valence-corrected chi connectivity index (χ2v) is 9.83. The van der Waals surface area contributed by atoms with E-state index in [1.807, 2.05) is 13.8 Å². The van der Waals surface area contributed by atoms with E-state index in [9.17, 15) is 18.0 Å². The summed E-state index contributed by atoms with van der Waals surface area (Å²) in [6, 6.07) is 13.0. The van der Waals surface area contributed by atoms with E-state index in [0.29, 0.717) is 30.2 Å². The van der Waals surface area contributed by atoms with E-state index in [1.165, 1.54) is 33.5 Å². The molecule has 0 spiro atoms. The zero-order valence-corrected chi connectivity index (χ0v) is 18.7. The lowest BCUT2D eigenvalue weighted by molar-refractivity contribution is -0.123. The Bertz CT molecular complexity index is 1110. The SMILES string of the molecule is CC1CN(S(=O)(=O)c2ccc(NC(=O)CN3C(=O)COc4ccccc43)cc2)CC(C)O1. The van der Waals surface area contributed by atoms with Gasteiger partial charge in [-0.15, -0.1) is 0 Å². The van der Waals surface area contributed by atoms with Crippen molar-refractivity contribution in [1.82, 2.24) is 4.31 Å². The molecule has 1 saturated heterocycles. The predicted molar refractivity (Wildman–Crippen MR) is 118 cm³/mol. The third-order valence-electron chi connectivity index (χ3n) is 5.27. The quantitative estimate of drug-likeness (QED) is 0.732. The summed E-state index contributed by atoms with van der Waals surface area (Å²) in [7, 11) is -3.66. The van der Waals surface area contributed by atoms with Crippen molar-refractivity contribution in [3.05, 3.63) is 48.5 Å². The van der Waals surface area contributed by atoms with E-state index >= 15 is 0 Å². The molecule has 0 bridgehead atoms. The molecule has 2 unspecified atom stereocenters. The Morgan fingerprint density at radius 1 is 1.06 bits per heavy atom. The first-order chi connectivity index (χ1) is 15.2. The van der Waals surface area contributed by atoms with Crippen molar-refractivity contribution in [3.8, 4) is 5.75 Å². The van der Waals surface area contributed by atoms with E-state index in [2.05, 4.69) is 5.32 Å². The number of morpholine rings is 1. The second kappa shape index (κ2) is 8.89. The van der Waals surface area contributed by atoms with E-state index in [-0.39, 0.29) is 36.2 Å². The van der Waals surface area contributed by atoms with Gasteiger partial charge in [0.2, 0.25) is 15.9 Å². The average Bonchev–Trinajstić information content (AvgIpc) is 2.75. The van der Waals surface area contributed by atoms with E-state index in [4.69, 9.17) is 9.47 Å². The molecule has 2 atom stereocenters. The minimum Gasteiger partial charge on any atom is -0.482 e. The standard InChI is InChI=1S/C22H25N3O6S/c1-15-11-24(12-16(2)31-15)32(28,29)18-9-7-17(8-10-18)23-21(26)13-25-19-5-3-4-6-20(19)30-14-22(25)27/h3-10,15-16H,11-14H2,1-2H3,(H,23,26). The van der Waals surface area contributed by atoms with Crippen LogP contribution in [0.1, 0.15) is 13.8 Å². The number of carbonyl (C=O) groups excluding carboxylic acids is 2. The van der Waals surface area contributed by atoms with E-state index in [0.717, 1.165) is 0 Å². The van der Waals surface area contributed by atoms with Gasteiger partial charge in [0.25, 0.3) is 5.91 Å². The van der Waals surface area contributed by atoms with Gasteiger partial charge in [-0.25, -0.2) is 8.42 Å². The Hall–Kier alpha value is -2.95. The molecule has 32 heavy (non-hydrogen) atoms. The predicted octanol–water partition coefficient (Wildman–Crippen LogP) is 1.85. The number of amides is 2. The zero-order chi connectivity index (χ0) is 22.9. The fraction of sp³-hybridized carbons (Fsp3) is 0.364. The maximum absolute atomic E-state index is 13.0.